The SMILES string of the molecule is NC(=O)c1ccc(Br)cc1Oc1cccc2c1NCCC2. The van der Waals surface area contributed by atoms with Gasteiger partial charge in [-0.25, -0.2) is 0 Å². The Morgan fingerprint density at radius 1 is 1.24 bits per heavy atom. The number of hydrogen-bond acceptors (Lipinski definition) is 3. The highest BCUT2D eigenvalue weighted by Gasteiger charge is 2.16. The van der Waals surface area contributed by atoms with E-state index in [4.69, 9.17) is 10.5 Å². The molecule has 2 aromatic carbocycles. The first-order valence-corrected chi connectivity index (χ1v) is 7.57. The molecule has 0 aliphatic carbocycles. The largest absolute Gasteiger partial charge is 0.454 e. The van der Waals surface area contributed by atoms with E-state index in [9.17, 15) is 4.79 Å². The lowest BCUT2D eigenvalue weighted by Crippen LogP contribution is -2.14. The number of para-hydroxylation sites is 1. The minimum atomic E-state index is -0.504. The number of fused-ring (bicyclic) bond motifs is 1. The topological polar surface area (TPSA) is 64.4 Å². The van der Waals surface area contributed by atoms with E-state index in [1.165, 1.54) is 5.56 Å². The average molecular weight is 347 g/mol. The van der Waals surface area contributed by atoms with Crippen molar-refractivity contribution in [3.63, 3.8) is 0 Å². The van der Waals surface area contributed by atoms with Crippen LogP contribution in [0.3, 0.4) is 0 Å². The maximum absolute atomic E-state index is 11.5. The summed E-state index contributed by atoms with van der Waals surface area (Å²) in [6.07, 6.45) is 2.14. The molecule has 0 unspecified atom stereocenters. The summed E-state index contributed by atoms with van der Waals surface area (Å²) in [5, 5.41) is 3.36. The number of nitrogens with two attached hydrogens (primary N) is 1. The van der Waals surface area contributed by atoms with Crippen LogP contribution in [0.1, 0.15) is 22.3 Å². The molecule has 4 nitrogen and oxygen atoms in total. The molecule has 1 aliphatic heterocycles. The molecular formula is C16H15BrN2O2. The van der Waals surface area contributed by atoms with Gasteiger partial charge in [0.25, 0.3) is 5.91 Å². The van der Waals surface area contributed by atoms with Gasteiger partial charge in [-0.3, -0.25) is 4.79 Å². The number of aryl methyl sites for hydroxylation is 1. The van der Waals surface area contributed by atoms with Crippen LogP contribution in [0.25, 0.3) is 0 Å². The van der Waals surface area contributed by atoms with Crippen LogP contribution in [0.2, 0.25) is 0 Å². The summed E-state index contributed by atoms with van der Waals surface area (Å²) in [6.45, 7) is 0.925. The van der Waals surface area contributed by atoms with Crippen molar-refractivity contribution in [2.75, 3.05) is 11.9 Å². The zero-order chi connectivity index (χ0) is 14.8. The molecule has 0 bridgehead atoms. The highest BCUT2D eigenvalue weighted by molar-refractivity contribution is 9.10. The lowest BCUT2D eigenvalue weighted by molar-refractivity contribution is 0.0998. The van der Waals surface area contributed by atoms with E-state index < -0.39 is 5.91 Å². The van der Waals surface area contributed by atoms with Crippen molar-refractivity contribution in [1.82, 2.24) is 0 Å². The summed E-state index contributed by atoms with van der Waals surface area (Å²) < 4.78 is 6.79. The fourth-order valence-electron chi connectivity index (χ4n) is 2.47. The zero-order valence-electron chi connectivity index (χ0n) is 11.4. The Kier molecular flexibility index (Phi) is 3.84. The Balaban J connectivity index is 2.01. The Morgan fingerprint density at radius 3 is 2.90 bits per heavy atom. The normalized spacial score (nSPS) is 13.2. The number of ether oxygens (including phenoxy) is 1. The molecule has 5 heteroatoms. The number of anilines is 1. The van der Waals surface area contributed by atoms with Gasteiger partial charge in [-0.15, -0.1) is 0 Å². The molecule has 21 heavy (non-hydrogen) atoms. The van der Waals surface area contributed by atoms with Gasteiger partial charge in [0, 0.05) is 11.0 Å². The Labute approximate surface area is 131 Å². The highest BCUT2D eigenvalue weighted by atomic mass is 79.9. The smallest absolute Gasteiger partial charge is 0.252 e. The second kappa shape index (κ2) is 5.77. The van der Waals surface area contributed by atoms with Crippen molar-refractivity contribution < 1.29 is 9.53 Å². The number of hydrogen-bond donors (Lipinski definition) is 2. The monoisotopic (exact) mass is 346 g/mol. The van der Waals surface area contributed by atoms with Gasteiger partial charge in [-0.05, 0) is 42.7 Å². The van der Waals surface area contributed by atoms with Crippen LogP contribution in [0, 0.1) is 0 Å². The fourth-order valence-corrected chi connectivity index (χ4v) is 2.81. The Morgan fingerprint density at radius 2 is 2.10 bits per heavy atom. The first kappa shape index (κ1) is 13.9. The molecular weight excluding hydrogens is 332 g/mol. The second-order valence-electron chi connectivity index (χ2n) is 4.93. The fraction of sp³-hybridized carbons (Fsp3) is 0.188. The third-order valence-electron chi connectivity index (χ3n) is 3.47. The molecule has 0 fully saturated rings. The second-order valence-corrected chi connectivity index (χ2v) is 5.84. The minimum Gasteiger partial charge on any atom is -0.454 e. The molecule has 1 amide bonds. The number of amides is 1. The summed E-state index contributed by atoms with van der Waals surface area (Å²) in [7, 11) is 0. The summed E-state index contributed by atoms with van der Waals surface area (Å²) in [4.78, 5) is 11.5. The number of primary amides is 1. The van der Waals surface area contributed by atoms with Crippen molar-refractivity contribution in [1.29, 1.82) is 0 Å². The molecule has 1 heterocycles. The van der Waals surface area contributed by atoms with Crippen molar-refractivity contribution in [3.8, 4) is 11.5 Å². The lowest BCUT2D eigenvalue weighted by atomic mass is 10.0. The van der Waals surface area contributed by atoms with Crippen molar-refractivity contribution in [2.24, 2.45) is 5.73 Å². The quantitative estimate of drug-likeness (QED) is 0.890. The predicted molar refractivity (Wildman–Crippen MR) is 86.0 cm³/mol. The maximum atomic E-state index is 11.5. The first-order valence-electron chi connectivity index (χ1n) is 6.78. The van der Waals surface area contributed by atoms with Crippen LogP contribution < -0.4 is 15.8 Å². The third-order valence-corrected chi connectivity index (χ3v) is 3.96. The summed E-state index contributed by atoms with van der Waals surface area (Å²) in [5.41, 5.74) is 8.00. The van der Waals surface area contributed by atoms with E-state index in [0.29, 0.717) is 17.1 Å². The van der Waals surface area contributed by atoms with E-state index in [-0.39, 0.29) is 0 Å². The van der Waals surface area contributed by atoms with Gasteiger partial charge in [-0.1, -0.05) is 28.1 Å². The Bertz CT molecular complexity index is 701. The number of benzene rings is 2. The zero-order valence-corrected chi connectivity index (χ0v) is 12.9. The summed E-state index contributed by atoms with van der Waals surface area (Å²) >= 11 is 3.39. The van der Waals surface area contributed by atoms with E-state index >= 15 is 0 Å². The average Bonchev–Trinajstić information content (AvgIpc) is 2.47. The first-order chi connectivity index (χ1) is 10.1. The third kappa shape index (κ3) is 2.88. The van der Waals surface area contributed by atoms with Gasteiger partial charge in [0.1, 0.15) is 5.75 Å². The molecule has 0 spiro atoms. The molecule has 3 N–H and O–H groups in total. The summed E-state index contributed by atoms with van der Waals surface area (Å²) in [6, 6.07) is 11.1. The van der Waals surface area contributed by atoms with Gasteiger partial charge in [0.2, 0.25) is 0 Å². The van der Waals surface area contributed by atoms with E-state index in [2.05, 4.69) is 27.3 Å². The lowest BCUT2D eigenvalue weighted by Gasteiger charge is -2.21. The molecule has 0 atom stereocenters. The maximum Gasteiger partial charge on any atom is 0.252 e. The van der Waals surface area contributed by atoms with Crippen molar-refractivity contribution in [3.05, 3.63) is 52.0 Å². The van der Waals surface area contributed by atoms with Crippen molar-refractivity contribution in [2.45, 2.75) is 12.8 Å². The van der Waals surface area contributed by atoms with Gasteiger partial charge in [0.15, 0.2) is 5.75 Å². The Hall–Kier alpha value is -2.01. The molecule has 108 valence electrons. The standard InChI is InChI=1S/C16H15BrN2O2/c17-11-6-7-12(16(18)20)14(9-11)21-13-5-1-3-10-4-2-8-19-15(10)13/h1,3,5-7,9,19H,2,4,8H2,(H2,18,20). The van der Waals surface area contributed by atoms with Crippen LogP contribution in [-0.4, -0.2) is 12.5 Å². The van der Waals surface area contributed by atoms with Crippen LogP contribution in [0.5, 0.6) is 11.5 Å². The molecule has 3 rings (SSSR count). The molecule has 1 aliphatic rings. The van der Waals surface area contributed by atoms with Gasteiger partial charge >= 0.3 is 0 Å². The van der Waals surface area contributed by atoms with E-state index in [0.717, 1.165) is 29.5 Å². The minimum absolute atomic E-state index is 0.367. The highest BCUT2D eigenvalue weighted by Crippen LogP contribution is 2.36. The number of nitrogens with one attached hydrogen (secondary N) is 1. The van der Waals surface area contributed by atoms with Crippen molar-refractivity contribution >= 4 is 27.5 Å². The number of halogens is 1. The van der Waals surface area contributed by atoms with Crippen LogP contribution in [-0.2, 0) is 6.42 Å². The van der Waals surface area contributed by atoms with Crippen LogP contribution in [0.15, 0.2) is 40.9 Å². The number of carbonyl (C=O) groups excluding carboxylic acids is 1. The van der Waals surface area contributed by atoms with Gasteiger partial charge in [-0.2, -0.15) is 0 Å². The summed E-state index contributed by atoms with van der Waals surface area (Å²) in [5.74, 6) is 0.667. The van der Waals surface area contributed by atoms with E-state index in [1.807, 2.05) is 12.1 Å². The van der Waals surface area contributed by atoms with E-state index in [1.54, 1.807) is 18.2 Å². The number of carbonyl (C=O) groups is 1. The predicted octanol–water partition coefficient (Wildman–Crippen LogP) is 3.70. The molecule has 0 saturated heterocycles. The molecule has 0 radical (unpaired) electrons. The van der Waals surface area contributed by atoms with Gasteiger partial charge < -0.3 is 15.8 Å². The number of rotatable bonds is 3. The molecule has 2 aromatic rings. The molecule has 0 saturated carbocycles. The van der Waals surface area contributed by atoms with Crippen LogP contribution in [0.4, 0.5) is 5.69 Å². The molecule has 0 aromatic heterocycles. The van der Waals surface area contributed by atoms with Gasteiger partial charge in [0.05, 0.1) is 11.3 Å². The van der Waals surface area contributed by atoms with Crippen LogP contribution >= 0.6 is 15.9 Å².